The summed E-state index contributed by atoms with van der Waals surface area (Å²) in [4.78, 5) is 12.4. The molecule has 0 aliphatic heterocycles. The van der Waals surface area contributed by atoms with Crippen molar-refractivity contribution < 1.29 is 22.8 Å². The van der Waals surface area contributed by atoms with Gasteiger partial charge in [0.1, 0.15) is 0 Å². The van der Waals surface area contributed by atoms with Gasteiger partial charge in [-0.3, -0.25) is 0 Å². The van der Waals surface area contributed by atoms with Gasteiger partial charge in [0.15, 0.2) is 0 Å². The molecule has 0 N–H and O–H groups in total. The van der Waals surface area contributed by atoms with Crippen LogP contribution in [0.25, 0.3) is 0 Å². The minimum Gasteiger partial charge on any atom is -0.461 e. The maximum atomic E-state index is 13.1. The number of nitro groups is 1. The van der Waals surface area contributed by atoms with E-state index in [9.17, 15) is 23.3 Å². The number of methoxy groups -OCH3 is 1. The molecule has 0 spiro atoms. The van der Waals surface area contributed by atoms with Gasteiger partial charge in [-0.2, -0.15) is 4.39 Å². The smallest absolute Gasteiger partial charge is 0.368 e. The van der Waals surface area contributed by atoms with Crippen LogP contribution in [0.2, 0.25) is 0 Å². The second-order valence-electron chi connectivity index (χ2n) is 2.45. The normalized spacial score (nSPS) is 10.5. The number of nitrogens with zero attached hydrogens (tertiary/aromatic N) is 2. The maximum Gasteiger partial charge on any atom is 0.368 e. The number of halogens is 3. The third kappa shape index (κ3) is 2.14. The molecular formula is C7H5F3N2O3. The Morgan fingerprint density at radius 1 is 1.60 bits per heavy atom. The van der Waals surface area contributed by atoms with Gasteiger partial charge in [0, 0.05) is 11.1 Å². The van der Waals surface area contributed by atoms with Crippen molar-refractivity contribution in [3.05, 3.63) is 27.6 Å². The summed E-state index contributed by atoms with van der Waals surface area (Å²) in [7, 11) is 0.977. The molecule has 1 aromatic rings. The number of hydrogen-bond acceptors (Lipinski definition) is 4. The van der Waals surface area contributed by atoms with Gasteiger partial charge in [0.25, 0.3) is 6.43 Å². The minimum absolute atomic E-state index is 0.377. The molecule has 0 saturated carbocycles. The van der Waals surface area contributed by atoms with Crippen LogP contribution in [0.1, 0.15) is 12.0 Å². The highest BCUT2D eigenvalue weighted by molar-refractivity contribution is 5.34. The van der Waals surface area contributed by atoms with E-state index in [1.807, 2.05) is 0 Å². The van der Waals surface area contributed by atoms with Gasteiger partial charge in [-0.15, -0.1) is 0 Å². The monoisotopic (exact) mass is 222 g/mol. The number of alkyl halides is 2. The molecule has 0 aliphatic carbocycles. The fourth-order valence-electron chi connectivity index (χ4n) is 0.899. The second-order valence-corrected chi connectivity index (χ2v) is 2.45. The van der Waals surface area contributed by atoms with Crippen molar-refractivity contribution in [3.8, 4) is 5.88 Å². The number of aromatic nitrogens is 1. The highest BCUT2D eigenvalue weighted by Gasteiger charge is 2.26. The Morgan fingerprint density at radius 2 is 2.20 bits per heavy atom. The molecule has 0 aliphatic rings. The molecule has 0 radical (unpaired) electrons. The van der Waals surface area contributed by atoms with Gasteiger partial charge in [0.05, 0.1) is 12.7 Å². The van der Waals surface area contributed by atoms with Gasteiger partial charge < -0.3 is 14.9 Å². The lowest BCUT2D eigenvalue weighted by Gasteiger charge is -2.03. The van der Waals surface area contributed by atoms with Crippen molar-refractivity contribution in [1.29, 1.82) is 0 Å². The first-order valence-electron chi connectivity index (χ1n) is 3.64. The van der Waals surface area contributed by atoms with Crippen LogP contribution in [0.5, 0.6) is 5.88 Å². The van der Waals surface area contributed by atoms with E-state index in [0.717, 1.165) is 7.11 Å². The summed E-state index contributed by atoms with van der Waals surface area (Å²) in [5.74, 6) is -3.10. The SMILES string of the molecule is COc1nc([N+](=O)[O-])cc(C(F)F)c1F. The molecule has 0 atom stereocenters. The quantitative estimate of drug-likeness (QED) is 0.580. The zero-order valence-corrected chi connectivity index (χ0v) is 7.41. The van der Waals surface area contributed by atoms with E-state index in [-0.39, 0.29) is 0 Å². The Balaban J connectivity index is 3.38. The van der Waals surface area contributed by atoms with Gasteiger partial charge in [-0.1, -0.05) is 0 Å². The molecule has 0 amide bonds. The van der Waals surface area contributed by atoms with Crippen molar-refractivity contribution in [3.63, 3.8) is 0 Å². The van der Waals surface area contributed by atoms with E-state index in [0.29, 0.717) is 6.07 Å². The summed E-state index contributed by atoms with van der Waals surface area (Å²) >= 11 is 0. The van der Waals surface area contributed by atoms with E-state index in [1.165, 1.54) is 0 Å². The first-order valence-corrected chi connectivity index (χ1v) is 3.64. The lowest BCUT2D eigenvalue weighted by atomic mass is 10.2. The third-order valence-electron chi connectivity index (χ3n) is 1.56. The maximum absolute atomic E-state index is 13.1. The molecule has 5 nitrogen and oxygen atoms in total. The van der Waals surface area contributed by atoms with Crippen LogP contribution in [-0.2, 0) is 0 Å². The van der Waals surface area contributed by atoms with Crippen molar-refractivity contribution in [2.75, 3.05) is 7.11 Å². The predicted molar refractivity (Wildman–Crippen MR) is 42.4 cm³/mol. The van der Waals surface area contributed by atoms with Crippen LogP contribution in [0.3, 0.4) is 0 Å². The molecule has 8 heteroatoms. The summed E-state index contributed by atoms with van der Waals surface area (Å²) in [5.41, 5.74) is -1.10. The fraction of sp³-hybridized carbons (Fsp3) is 0.286. The number of rotatable bonds is 3. The predicted octanol–water partition coefficient (Wildman–Crippen LogP) is 2.08. The molecule has 1 rings (SSSR count). The number of ether oxygens (including phenoxy) is 1. The fourth-order valence-corrected chi connectivity index (χ4v) is 0.899. The van der Waals surface area contributed by atoms with E-state index in [4.69, 9.17) is 0 Å². The van der Waals surface area contributed by atoms with Crippen LogP contribution >= 0.6 is 0 Å². The largest absolute Gasteiger partial charge is 0.461 e. The van der Waals surface area contributed by atoms with Crippen LogP contribution in [-0.4, -0.2) is 17.0 Å². The average Bonchev–Trinajstić information content (AvgIpc) is 2.17. The molecule has 0 unspecified atom stereocenters. The molecule has 82 valence electrons. The molecule has 1 heterocycles. The third-order valence-corrected chi connectivity index (χ3v) is 1.56. The van der Waals surface area contributed by atoms with E-state index >= 15 is 0 Å². The van der Waals surface area contributed by atoms with Gasteiger partial charge in [-0.25, -0.2) is 8.78 Å². The molecule has 0 saturated heterocycles. The molecule has 15 heavy (non-hydrogen) atoms. The second kappa shape index (κ2) is 4.11. The van der Waals surface area contributed by atoms with Crippen LogP contribution < -0.4 is 4.74 Å². The zero-order chi connectivity index (χ0) is 11.6. The van der Waals surface area contributed by atoms with Gasteiger partial charge in [-0.05, 0) is 4.92 Å². The highest BCUT2D eigenvalue weighted by atomic mass is 19.3. The van der Waals surface area contributed by atoms with Crippen LogP contribution in [0.15, 0.2) is 6.07 Å². The first kappa shape index (κ1) is 11.2. The lowest BCUT2D eigenvalue weighted by molar-refractivity contribution is -0.389. The lowest BCUT2D eigenvalue weighted by Crippen LogP contribution is -2.02. The topological polar surface area (TPSA) is 65.3 Å². The summed E-state index contributed by atoms with van der Waals surface area (Å²) in [6.07, 6.45) is -3.17. The Bertz CT molecular complexity index is 397. The molecular weight excluding hydrogens is 217 g/mol. The minimum atomic E-state index is -3.17. The van der Waals surface area contributed by atoms with E-state index in [1.54, 1.807) is 0 Å². The summed E-state index contributed by atoms with van der Waals surface area (Å²) < 4.78 is 41.9. The Hall–Kier alpha value is -1.86. The molecule has 0 aromatic carbocycles. The van der Waals surface area contributed by atoms with Crippen molar-refractivity contribution in [2.45, 2.75) is 6.43 Å². The summed E-state index contributed by atoms with van der Waals surface area (Å²) in [5, 5.41) is 10.3. The van der Waals surface area contributed by atoms with Crippen molar-refractivity contribution >= 4 is 5.82 Å². The van der Waals surface area contributed by atoms with Crippen LogP contribution in [0, 0.1) is 15.9 Å². The van der Waals surface area contributed by atoms with E-state index < -0.39 is 34.4 Å². The average molecular weight is 222 g/mol. The first-order chi connectivity index (χ1) is 6.97. The summed E-state index contributed by atoms with van der Waals surface area (Å²) in [6.45, 7) is 0. The van der Waals surface area contributed by atoms with Gasteiger partial charge in [0.2, 0.25) is 5.82 Å². The van der Waals surface area contributed by atoms with Gasteiger partial charge >= 0.3 is 11.7 Å². The molecule has 0 bridgehead atoms. The van der Waals surface area contributed by atoms with Crippen molar-refractivity contribution in [1.82, 2.24) is 4.98 Å². The van der Waals surface area contributed by atoms with Crippen LogP contribution in [0.4, 0.5) is 19.0 Å². The Labute approximate surface area is 81.6 Å². The zero-order valence-electron chi connectivity index (χ0n) is 7.41. The Morgan fingerprint density at radius 3 is 2.60 bits per heavy atom. The Kier molecular flexibility index (Phi) is 3.08. The highest BCUT2D eigenvalue weighted by Crippen LogP contribution is 2.29. The number of hydrogen-bond donors (Lipinski definition) is 0. The molecule has 0 fully saturated rings. The standard InChI is InChI=1S/C7H5F3N2O3/c1-15-7-5(8)3(6(9)10)2-4(11-7)12(13)14/h2,6H,1H3. The van der Waals surface area contributed by atoms with Crippen molar-refractivity contribution in [2.24, 2.45) is 0 Å². The number of pyridine rings is 1. The summed E-state index contributed by atoms with van der Waals surface area (Å²) in [6, 6.07) is 0.377. The molecule has 1 aromatic heterocycles. The van der Waals surface area contributed by atoms with E-state index in [2.05, 4.69) is 9.72 Å².